The molecule has 1 N–H and O–H groups in total. The van der Waals surface area contributed by atoms with Gasteiger partial charge in [-0.15, -0.1) is 0 Å². The molecule has 1 saturated carbocycles. The van der Waals surface area contributed by atoms with E-state index in [1.54, 1.807) is 18.2 Å². The molecular formula is C23H34BrNO3. The summed E-state index contributed by atoms with van der Waals surface area (Å²) in [5.74, 6) is 1.44. The molecule has 0 radical (unpaired) electrons. The first kappa shape index (κ1) is 22.9. The molecule has 0 atom stereocenters. The summed E-state index contributed by atoms with van der Waals surface area (Å²) < 4.78 is 5.07. The van der Waals surface area contributed by atoms with Gasteiger partial charge in [0, 0.05) is 11.5 Å². The predicted molar refractivity (Wildman–Crippen MR) is 119 cm³/mol. The van der Waals surface area contributed by atoms with Crippen molar-refractivity contribution in [2.45, 2.75) is 77.0 Å². The van der Waals surface area contributed by atoms with E-state index in [9.17, 15) is 9.59 Å². The van der Waals surface area contributed by atoms with Gasteiger partial charge in [-0.05, 0) is 70.6 Å². The minimum atomic E-state index is -0.641. The molecule has 156 valence electrons. The number of hydrogen-bond acceptors (Lipinski definition) is 3. The van der Waals surface area contributed by atoms with Crippen LogP contribution in [0.3, 0.4) is 0 Å². The molecule has 0 heterocycles. The van der Waals surface area contributed by atoms with Crippen molar-refractivity contribution in [2.24, 2.45) is 11.8 Å². The van der Waals surface area contributed by atoms with E-state index in [4.69, 9.17) is 4.74 Å². The van der Waals surface area contributed by atoms with Crippen LogP contribution in [-0.4, -0.2) is 22.6 Å². The fourth-order valence-corrected chi connectivity index (χ4v) is 4.05. The molecule has 4 nitrogen and oxygen atoms in total. The molecule has 0 aromatic heterocycles. The van der Waals surface area contributed by atoms with Crippen molar-refractivity contribution in [2.75, 3.05) is 11.9 Å². The molecule has 1 aliphatic carbocycles. The second-order valence-electron chi connectivity index (χ2n) is 8.29. The lowest BCUT2D eigenvalue weighted by Gasteiger charge is -2.28. The molecule has 1 aliphatic rings. The molecule has 1 amide bonds. The summed E-state index contributed by atoms with van der Waals surface area (Å²) in [5, 5.41) is 3.04. The number of rotatable bonds is 9. The number of ether oxygens (including phenoxy) is 1. The summed E-state index contributed by atoms with van der Waals surface area (Å²) in [4.78, 5) is 25.3. The van der Waals surface area contributed by atoms with E-state index in [-0.39, 0.29) is 17.6 Å². The van der Waals surface area contributed by atoms with Crippen LogP contribution in [-0.2, 0) is 4.79 Å². The van der Waals surface area contributed by atoms with Gasteiger partial charge in [0.1, 0.15) is 5.75 Å². The average molecular weight is 452 g/mol. The Morgan fingerprint density at radius 3 is 2.43 bits per heavy atom. The minimum absolute atomic E-state index is 0.0169. The summed E-state index contributed by atoms with van der Waals surface area (Å²) >= 11 is 3.42. The molecule has 2 rings (SSSR count). The van der Waals surface area contributed by atoms with Crippen molar-refractivity contribution >= 4 is 33.3 Å². The molecule has 0 aliphatic heterocycles. The SMILES string of the molecule is CCCCC1CCC(C(=O)Nc2ccc(C(=O)C(C)(C)Br)cc2OCC)CC1. The number of hydrogen-bond donors (Lipinski definition) is 1. The van der Waals surface area contributed by atoms with Crippen molar-refractivity contribution in [3.63, 3.8) is 0 Å². The summed E-state index contributed by atoms with van der Waals surface area (Å²) in [5.41, 5.74) is 1.21. The summed E-state index contributed by atoms with van der Waals surface area (Å²) in [7, 11) is 0. The van der Waals surface area contributed by atoms with Crippen molar-refractivity contribution in [3.8, 4) is 5.75 Å². The molecular weight excluding hydrogens is 418 g/mol. The Labute approximate surface area is 177 Å². The molecule has 28 heavy (non-hydrogen) atoms. The summed E-state index contributed by atoms with van der Waals surface area (Å²) in [6.07, 6.45) is 8.02. The van der Waals surface area contributed by atoms with Crippen molar-refractivity contribution in [1.29, 1.82) is 0 Å². The smallest absolute Gasteiger partial charge is 0.227 e. The Balaban J connectivity index is 2.04. The van der Waals surface area contributed by atoms with E-state index in [0.29, 0.717) is 23.6 Å². The lowest BCUT2D eigenvalue weighted by Crippen LogP contribution is -2.27. The number of Topliss-reactive ketones (excluding diaryl/α,β-unsaturated/α-hetero) is 1. The van der Waals surface area contributed by atoms with E-state index in [0.717, 1.165) is 31.6 Å². The first-order valence-electron chi connectivity index (χ1n) is 10.6. The highest BCUT2D eigenvalue weighted by Crippen LogP contribution is 2.34. The topological polar surface area (TPSA) is 55.4 Å². The molecule has 5 heteroatoms. The normalized spacial score (nSPS) is 19.9. The van der Waals surface area contributed by atoms with Crippen LogP contribution in [0.1, 0.15) is 83.0 Å². The van der Waals surface area contributed by atoms with E-state index in [1.807, 2.05) is 20.8 Å². The average Bonchev–Trinajstić information content (AvgIpc) is 2.67. The largest absolute Gasteiger partial charge is 0.492 e. The number of anilines is 1. The number of halogens is 1. The molecule has 1 aromatic rings. The maximum Gasteiger partial charge on any atom is 0.227 e. The van der Waals surface area contributed by atoms with Gasteiger partial charge < -0.3 is 10.1 Å². The maximum absolute atomic E-state index is 12.8. The van der Waals surface area contributed by atoms with Gasteiger partial charge in [-0.25, -0.2) is 0 Å². The van der Waals surface area contributed by atoms with Crippen LogP contribution in [0.15, 0.2) is 18.2 Å². The number of nitrogens with one attached hydrogen (secondary N) is 1. The lowest BCUT2D eigenvalue weighted by molar-refractivity contribution is -0.121. The fraction of sp³-hybridized carbons (Fsp3) is 0.652. The van der Waals surface area contributed by atoms with Gasteiger partial charge in [0.25, 0.3) is 0 Å². The first-order chi connectivity index (χ1) is 13.3. The fourth-order valence-electron chi connectivity index (χ4n) is 3.83. The number of alkyl halides is 1. The van der Waals surface area contributed by atoms with E-state index in [2.05, 4.69) is 28.2 Å². The maximum atomic E-state index is 12.8. The van der Waals surface area contributed by atoms with Crippen LogP contribution in [0.4, 0.5) is 5.69 Å². The van der Waals surface area contributed by atoms with Gasteiger partial charge in [0.2, 0.25) is 5.91 Å². The van der Waals surface area contributed by atoms with Crippen molar-refractivity contribution < 1.29 is 14.3 Å². The zero-order valence-electron chi connectivity index (χ0n) is 17.6. The Morgan fingerprint density at radius 1 is 1.18 bits per heavy atom. The Hall–Kier alpha value is -1.36. The summed E-state index contributed by atoms with van der Waals surface area (Å²) in [6, 6.07) is 5.26. The molecule has 0 bridgehead atoms. The predicted octanol–water partition coefficient (Wildman–Crippen LogP) is 6.38. The van der Waals surface area contributed by atoms with Gasteiger partial charge in [-0.2, -0.15) is 0 Å². The molecule has 1 fully saturated rings. The molecule has 0 saturated heterocycles. The van der Waals surface area contributed by atoms with Crippen LogP contribution in [0.2, 0.25) is 0 Å². The van der Waals surface area contributed by atoms with Gasteiger partial charge in [0.15, 0.2) is 5.78 Å². The van der Waals surface area contributed by atoms with E-state index < -0.39 is 4.32 Å². The van der Waals surface area contributed by atoms with E-state index >= 15 is 0 Å². The highest BCUT2D eigenvalue weighted by molar-refractivity contribution is 9.10. The quantitative estimate of drug-likeness (QED) is 0.350. The van der Waals surface area contributed by atoms with Crippen LogP contribution in [0.5, 0.6) is 5.75 Å². The van der Waals surface area contributed by atoms with Crippen molar-refractivity contribution in [3.05, 3.63) is 23.8 Å². The number of amides is 1. The number of ketones is 1. The zero-order chi connectivity index (χ0) is 20.7. The molecule has 0 unspecified atom stereocenters. The van der Waals surface area contributed by atoms with Crippen LogP contribution in [0.25, 0.3) is 0 Å². The summed E-state index contributed by atoms with van der Waals surface area (Å²) in [6.45, 7) is 8.24. The van der Waals surface area contributed by atoms with Crippen molar-refractivity contribution in [1.82, 2.24) is 0 Å². The van der Waals surface area contributed by atoms with E-state index in [1.165, 1.54) is 19.3 Å². The first-order valence-corrected chi connectivity index (χ1v) is 11.4. The Morgan fingerprint density at radius 2 is 1.86 bits per heavy atom. The Kier molecular flexibility index (Phi) is 8.54. The third-order valence-electron chi connectivity index (χ3n) is 5.52. The Bertz CT molecular complexity index is 673. The number of carbonyl (C=O) groups excluding carboxylic acids is 2. The molecule has 1 aromatic carbocycles. The highest BCUT2D eigenvalue weighted by Gasteiger charge is 2.28. The standard InChI is InChI=1S/C23H34BrNO3/c1-5-7-8-16-9-11-17(12-10-16)22(27)25-19-14-13-18(15-20(19)28-6-2)21(26)23(3,4)24/h13-17H,5-12H2,1-4H3,(H,25,27). The third-order valence-corrected chi connectivity index (χ3v) is 5.89. The van der Waals surface area contributed by atoms with Crippen LogP contribution in [0, 0.1) is 11.8 Å². The second kappa shape index (κ2) is 10.4. The van der Waals surface area contributed by atoms with Gasteiger partial charge in [-0.3, -0.25) is 9.59 Å². The minimum Gasteiger partial charge on any atom is -0.492 e. The highest BCUT2D eigenvalue weighted by atomic mass is 79.9. The number of benzene rings is 1. The lowest BCUT2D eigenvalue weighted by atomic mass is 9.79. The van der Waals surface area contributed by atoms with Crippen LogP contribution < -0.4 is 10.1 Å². The number of carbonyl (C=O) groups is 2. The monoisotopic (exact) mass is 451 g/mol. The van der Waals surface area contributed by atoms with Gasteiger partial charge in [0.05, 0.1) is 16.6 Å². The third kappa shape index (κ3) is 6.33. The zero-order valence-corrected chi connectivity index (χ0v) is 19.2. The molecule has 0 spiro atoms. The van der Waals surface area contributed by atoms with Crippen LogP contribution >= 0.6 is 15.9 Å². The van der Waals surface area contributed by atoms with Gasteiger partial charge >= 0.3 is 0 Å². The second-order valence-corrected chi connectivity index (χ2v) is 10.3. The van der Waals surface area contributed by atoms with Gasteiger partial charge in [-0.1, -0.05) is 42.1 Å². The number of unbranched alkanes of at least 4 members (excludes halogenated alkanes) is 1.